The van der Waals surface area contributed by atoms with Crippen LogP contribution in [0.4, 0.5) is 17.1 Å². The van der Waals surface area contributed by atoms with E-state index in [0.717, 1.165) is 43.1 Å². The van der Waals surface area contributed by atoms with Crippen LogP contribution in [0.2, 0.25) is 0 Å². The second-order valence-electron chi connectivity index (χ2n) is 6.40. The van der Waals surface area contributed by atoms with Crippen LogP contribution in [0.3, 0.4) is 0 Å². The van der Waals surface area contributed by atoms with Crippen molar-refractivity contribution in [3.8, 4) is 11.5 Å². The number of hydrogen-bond donors (Lipinski definition) is 1. The first-order valence-electron chi connectivity index (χ1n) is 8.68. The Hall–Kier alpha value is -2.48. The summed E-state index contributed by atoms with van der Waals surface area (Å²) in [6, 6.07) is 11.2. The highest BCUT2D eigenvalue weighted by Gasteiger charge is 2.25. The van der Waals surface area contributed by atoms with Crippen molar-refractivity contribution >= 4 is 33.0 Å². The van der Waals surface area contributed by atoms with E-state index in [2.05, 4.69) is 26.1 Å². The molecule has 1 saturated heterocycles. The van der Waals surface area contributed by atoms with Crippen molar-refractivity contribution in [2.75, 3.05) is 37.5 Å². The predicted octanol–water partition coefficient (Wildman–Crippen LogP) is 4.46. The first-order chi connectivity index (χ1) is 13.0. The lowest BCUT2D eigenvalue weighted by atomic mass is 10.0. The van der Waals surface area contributed by atoms with E-state index in [1.807, 2.05) is 30.3 Å². The molecule has 2 aromatic rings. The Morgan fingerprint density at radius 1 is 1.11 bits per heavy atom. The number of nitrogens with one attached hydrogen (secondary N) is 1. The van der Waals surface area contributed by atoms with E-state index in [0.29, 0.717) is 10.2 Å². The molecule has 0 aliphatic carbocycles. The van der Waals surface area contributed by atoms with Gasteiger partial charge in [0.05, 0.1) is 19.1 Å². The van der Waals surface area contributed by atoms with Gasteiger partial charge in [0.15, 0.2) is 0 Å². The fraction of sp³-hybridized carbons (Fsp3) is 0.368. The van der Waals surface area contributed by atoms with Gasteiger partial charge >= 0.3 is 0 Å². The summed E-state index contributed by atoms with van der Waals surface area (Å²) in [6.07, 6.45) is 1.76. The molecule has 1 N–H and O–H groups in total. The topological polar surface area (TPSA) is 76.9 Å². The van der Waals surface area contributed by atoms with E-state index < -0.39 is 0 Å². The molecule has 144 valence electrons. The van der Waals surface area contributed by atoms with E-state index in [4.69, 9.17) is 9.47 Å². The van der Waals surface area contributed by atoms with Gasteiger partial charge in [0.2, 0.25) is 0 Å². The molecule has 0 aromatic heterocycles. The second-order valence-corrected chi connectivity index (χ2v) is 7.31. The number of rotatable bonds is 6. The lowest BCUT2D eigenvalue weighted by molar-refractivity contribution is -0.384. The summed E-state index contributed by atoms with van der Waals surface area (Å²) in [7, 11) is 3.25. The van der Waals surface area contributed by atoms with Crippen molar-refractivity contribution in [1.82, 2.24) is 0 Å². The van der Waals surface area contributed by atoms with Gasteiger partial charge in [-0.2, -0.15) is 0 Å². The van der Waals surface area contributed by atoms with E-state index in [-0.39, 0.29) is 16.7 Å². The summed E-state index contributed by atoms with van der Waals surface area (Å²) in [6.45, 7) is 1.50. The quantitative estimate of drug-likeness (QED) is 0.533. The van der Waals surface area contributed by atoms with Crippen LogP contribution in [-0.4, -0.2) is 38.3 Å². The first kappa shape index (κ1) is 19.3. The van der Waals surface area contributed by atoms with Gasteiger partial charge in [-0.15, -0.1) is 0 Å². The molecule has 7 nitrogen and oxygen atoms in total. The number of hydrogen-bond acceptors (Lipinski definition) is 6. The molecule has 0 spiro atoms. The van der Waals surface area contributed by atoms with Crippen LogP contribution in [0.25, 0.3) is 0 Å². The number of piperidine rings is 1. The Morgan fingerprint density at radius 2 is 1.74 bits per heavy atom. The minimum Gasteiger partial charge on any atom is -0.497 e. The number of nitrogens with zero attached hydrogens (tertiary/aromatic N) is 2. The number of halogens is 1. The van der Waals surface area contributed by atoms with Gasteiger partial charge in [-0.25, -0.2) is 0 Å². The van der Waals surface area contributed by atoms with Gasteiger partial charge in [0, 0.05) is 53.6 Å². The van der Waals surface area contributed by atoms with Gasteiger partial charge in [0.1, 0.15) is 17.2 Å². The van der Waals surface area contributed by atoms with Crippen LogP contribution < -0.4 is 19.7 Å². The number of anilines is 2. The second kappa shape index (κ2) is 8.47. The maximum Gasteiger partial charge on any atom is 0.293 e. The molecule has 0 bridgehead atoms. The molecular weight excluding hydrogens is 414 g/mol. The number of methoxy groups -OCH3 is 2. The minimum absolute atomic E-state index is 0.133. The van der Waals surface area contributed by atoms with Crippen LogP contribution in [0, 0.1) is 10.1 Å². The average molecular weight is 436 g/mol. The highest BCUT2D eigenvalue weighted by molar-refractivity contribution is 9.10. The monoisotopic (exact) mass is 435 g/mol. The largest absolute Gasteiger partial charge is 0.497 e. The highest BCUT2D eigenvalue weighted by Crippen LogP contribution is 2.33. The zero-order valence-corrected chi connectivity index (χ0v) is 16.9. The summed E-state index contributed by atoms with van der Waals surface area (Å²) >= 11 is 3.31. The minimum atomic E-state index is -0.326. The lowest BCUT2D eigenvalue weighted by Crippen LogP contribution is -2.39. The van der Waals surface area contributed by atoms with Crippen LogP contribution in [-0.2, 0) is 0 Å². The smallest absolute Gasteiger partial charge is 0.293 e. The number of benzene rings is 2. The molecule has 0 atom stereocenters. The van der Waals surface area contributed by atoms with E-state index in [9.17, 15) is 10.1 Å². The molecule has 3 rings (SSSR count). The van der Waals surface area contributed by atoms with Crippen LogP contribution in [0.15, 0.2) is 40.9 Å². The molecule has 2 aromatic carbocycles. The van der Waals surface area contributed by atoms with Crippen molar-refractivity contribution in [3.63, 3.8) is 0 Å². The molecule has 1 aliphatic heterocycles. The van der Waals surface area contributed by atoms with Crippen molar-refractivity contribution in [2.24, 2.45) is 0 Å². The van der Waals surface area contributed by atoms with Crippen molar-refractivity contribution < 1.29 is 14.4 Å². The molecule has 1 fully saturated rings. The van der Waals surface area contributed by atoms with Crippen molar-refractivity contribution in [1.29, 1.82) is 0 Å². The third kappa shape index (κ3) is 4.63. The molecule has 0 radical (unpaired) electrons. The summed E-state index contributed by atoms with van der Waals surface area (Å²) in [5.41, 5.74) is 1.75. The van der Waals surface area contributed by atoms with E-state index in [1.165, 1.54) is 0 Å². The Bertz CT molecular complexity index is 800. The van der Waals surface area contributed by atoms with Crippen molar-refractivity contribution in [2.45, 2.75) is 18.9 Å². The third-order valence-electron chi connectivity index (χ3n) is 4.69. The fourth-order valence-electron chi connectivity index (χ4n) is 3.30. The zero-order chi connectivity index (χ0) is 19.4. The molecular formula is C19H22BrN3O4. The van der Waals surface area contributed by atoms with E-state index >= 15 is 0 Å². The third-order valence-corrected chi connectivity index (χ3v) is 5.19. The Kier molecular flexibility index (Phi) is 6.05. The normalized spacial score (nSPS) is 14.7. The predicted molar refractivity (Wildman–Crippen MR) is 109 cm³/mol. The van der Waals surface area contributed by atoms with Crippen LogP contribution in [0.5, 0.6) is 11.5 Å². The van der Waals surface area contributed by atoms with Gasteiger partial charge in [-0.1, -0.05) is 15.9 Å². The molecule has 1 heterocycles. The number of nitro benzene ring substituents is 1. The molecule has 0 amide bonds. The molecule has 27 heavy (non-hydrogen) atoms. The molecule has 8 heteroatoms. The Balaban J connectivity index is 1.67. The zero-order valence-electron chi connectivity index (χ0n) is 15.3. The van der Waals surface area contributed by atoms with Crippen LogP contribution >= 0.6 is 15.9 Å². The van der Waals surface area contributed by atoms with Gasteiger partial charge in [0.25, 0.3) is 5.69 Å². The fourth-order valence-corrected chi connectivity index (χ4v) is 3.65. The van der Waals surface area contributed by atoms with E-state index in [1.54, 1.807) is 20.3 Å². The Labute approximate surface area is 166 Å². The summed E-state index contributed by atoms with van der Waals surface area (Å²) < 4.78 is 11.3. The average Bonchev–Trinajstić information content (AvgIpc) is 2.68. The van der Waals surface area contributed by atoms with Crippen molar-refractivity contribution in [3.05, 3.63) is 51.0 Å². The Morgan fingerprint density at radius 3 is 2.30 bits per heavy atom. The maximum atomic E-state index is 11.4. The SMILES string of the molecule is COc1cc(NC2CCN(c3ccc(Br)cc3[N+](=O)[O-])CC2)cc(OC)c1. The van der Waals surface area contributed by atoms with Crippen LogP contribution in [0.1, 0.15) is 12.8 Å². The standard InChI is InChI=1S/C19H22BrN3O4/c1-26-16-10-15(11-17(12-16)27-2)21-14-5-7-22(8-6-14)18-4-3-13(20)9-19(18)23(24)25/h3-4,9-12,14,21H,5-8H2,1-2H3. The van der Waals surface area contributed by atoms with Gasteiger partial charge in [-0.05, 0) is 25.0 Å². The summed E-state index contributed by atoms with van der Waals surface area (Å²) in [5, 5.41) is 14.9. The molecule has 0 unspecified atom stereocenters. The molecule has 0 saturated carbocycles. The molecule has 1 aliphatic rings. The summed E-state index contributed by atoms with van der Waals surface area (Å²) in [4.78, 5) is 13.1. The van der Waals surface area contributed by atoms with Gasteiger partial charge in [-0.3, -0.25) is 10.1 Å². The first-order valence-corrected chi connectivity index (χ1v) is 9.48. The summed E-state index contributed by atoms with van der Waals surface area (Å²) in [5.74, 6) is 1.47. The number of ether oxygens (including phenoxy) is 2. The highest BCUT2D eigenvalue weighted by atomic mass is 79.9. The number of nitro groups is 1. The lowest BCUT2D eigenvalue weighted by Gasteiger charge is -2.34. The van der Waals surface area contributed by atoms with Gasteiger partial charge < -0.3 is 19.7 Å². The maximum absolute atomic E-state index is 11.4.